The van der Waals surface area contributed by atoms with Gasteiger partial charge in [-0.1, -0.05) is 18.2 Å². The molecule has 1 aromatic carbocycles. The molecule has 2 radical (unpaired) electrons. The van der Waals surface area contributed by atoms with Gasteiger partial charge in [0.25, 0.3) is 13.9 Å². The Morgan fingerprint density at radius 2 is 2.08 bits per heavy atom. The summed E-state index contributed by atoms with van der Waals surface area (Å²) in [7, 11) is 6.85. The smallest absolute Gasteiger partial charge is 0.275 e. The minimum Gasteiger partial charge on any atom is -0.352 e. The molecule has 3 nitrogen and oxygen atoms in total. The average molecular weight is 170 g/mol. The highest BCUT2D eigenvalue weighted by Crippen LogP contribution is 2.26. The van der Waals surface area contributed by atoms with Gasteiger partial charge in [0.1, 0.15) is 5.71 Å². The van der Waals surface area contributed by atoms with Gasteiger partial charge >= 0.3 is 0 Å². The maximum absolute atomic E-state index is 11.5. The van der Waals surface area contributed by atoms with Crippen LogP contribution in [0.15, 0.2) is 29.2 Å². The molecule has 1 aromatic rings. The molecule has 4 heteroatoms. The normalized spacial score (nSPS) is 18.1. The number of anilines is 1. The van der Waals surface area contributed by atoms with Crippen LogP contribution >= 0.6 is 0 Å². The predicted molar refractivity (Wildman–Crippen MR) is 52.1 cm³/mol. The van der Waals surface area contributed by atoms with Crippen molar-refractivity contribution in [3.8, 4) is 0 Å². The standard InChI is InChI=1S/C9H7BN2O/c1-12-7-5-3-2-4-6(7)8(11-10)9(12)13/h2-5H,1H3. The van der Waals surface area contributed by atoms with Gasteiger partial charge in [-0.3, -0.25) is 4.79 Å². The summed E-state index contributed by atoms with van der Waals surface area (Å²) in [6.07, 6.45) is 0. The number of carbonyl (C=O) groups is 1. The zero-order valence-electron chi connectivity index (χ0n) is 7.19. The Labute approximate surface area is 77.5 Å². The van der Waals surface area contributed by atoms with Crippen LogP contribution < -0.4 is 4.90 Å². The van der Waals surface area contributed by atoms with Crippen molar-refractivity contribution in [2.45, 2.75) is 0 Å². The molecule has 0 unspecified atom stereocenters. The molecular formula is C9H7BN2O. The highest BCUT2D eigenvalue weighted by atomic mass is 16.2. The molecule has 1 heterocycles. The van der Waals surface area contributed by atoms with E-state index < -0.39 is 0 Å². The van der Waals surface area contributed by atoms with Crippen LogP contribution in [-0.2, 0) is 4.79 Å². The van der Waals surface area contributed by atoms with E-state index in [2.05, 4.69) is 4.90 Å². The third kappa shape index (κ3) is 0.984. The van der Waals surface area contributed by atoms with E-state index in [1.165, 1.54) is 0 Å². The van der Waals surface area contributed by atoms with Crippen molar-refractivity contribution in [2.24, 2.45) is 4.90 Å². The number of amides is 1. The molecule has 1 aliphatic rings. The Hall–Kier alpha value is -1.58. The highest BCUT2D eigenvalue weighted by molar-refractivity contribution is 6.56. The fourth-order valence-electron chi connectivity index (χ4n) is 1.47. The van der Waals surface area contributed by atoms with Crippen LogP contribution in [0, 0.1) is 0 Å². The molecule has 0 bridgehead atoms. The molecule has 0 saturated heterocycles. The molecule has 0 spiro atoms. The summed E-state index contributed by atoms with van der Waals surface area (Å²) in [4.78, 5) is 16.5. The third-order valence-corrected chi connectivity index (χ3v) is 2.16. The number of para-hydroxylation sites is 1. The van der Waals surface area contributed by atoms with Crippen LogP contribution in [0.25, 0.3) is 0 Å². The van der Waals surface area contributed by atoms with Crippen LogP contribution in [0.1, 0.15) is 5.56 Å². The van der Waals surface area contributed by atoms with Gasteiger partial charge in [0.05, 0.1) is 5.69 Å². The minimum absolute atomic E-state index is 0.149. The monoisotopic (exact) mass is 170 g/mol. The Morgan fingerprint density at radius 1 is 1.38 bits per heavy atom. The first-order chi connectivity index (χ1) is 6.25. The summed E-state index contributed by atoms with van der Waals surface area (Å²) in [6, 6.07) is 7.44. The Balaban J connectivity index is 2.67. The van der Waals surface area contributed by atoms with Gasteiger partial charge in [0.2, 0.25) is 0 Å². The average Bonchev–Trinajstić information content (AvgIpc) is 2.41. The molecule has 0 atom stereocenters. The second kappa shape index (κ2) is 2.73. The summed E-state index contributed by atoms with van der Waals surface area (Å²) in [6.45, 7) is 0. The number of likely N-dealkylation sites (N-methyl/N-ethyl adjacent to an activating group) is 1. The van der Waals surface area contributed by atoms with Crippen molar-refractivity contribution in [3.05, 3.63) is 29.8 Å². The van der Waals surface area contributed by atoms with E-state index in [9.17, 15) is 4.79 Å². The SMILES string of the molecule is [B]N=C1C(=O)N(C)c2ccccc21. The van der Waals surface area contributed by atoms with E-state index in [-0.39, 0.29) is 5.91 Å². The van der Waals surface area contributed by atoms with Gasteiger partial charge in [0.15, 0.2) is 0 Å². The molecule has 0 N–H and O–H groups in total. The molecule has 0 saturated carbocycles. The summed E-state index contributed by atoms with van der Waals surface area (Å²) < 4.78 is 0. The van der Waals surface area contributed by atoms with E-state index >= 15 is 0 Å². The maximum atomic E-state index is 11.5. The van der Waals surface area contributed by atoms with Crippen LogP contribution in [0.4, 0.5) is 5.69 Å². The fourth-order valence-corrected chi connectivity index (χ4v) is 1.47. The van der Waals surface area contributed by atoms with Crippen molar-refractivity contribution in [1.82, 2.24) is 0 Å². The maximum Gasteiger partial charge on any atom is 0.275 e. The van der Waals surface area contributed by atoms with E-state index in [0.29, 0.717) is 5.71 Å². The van der Waals surface area contributed by atoms with Crippen molar-refractivity contribution in [2.75, 3.05) is 11.9 Å². The lowest BCUT2D eigenvalue weighted by Crippen LogP contribution is -2.25. The van der Waals surface area contributed by atoms with Crippen LogP contribution in [0.3, 0.4) is 0 Å². The van der Waals surface area contributed by atoms with Crippen LogP contribution in [-0.4, -0.2) is 26.6 Å². The number of nitrogens with zero attached hydrogens (tertiary/aromatic N) is 2. The Morgan fingerprint density at radius 3 is 2.77 bits per heavy atom. The van der Waals surface area contributed by atoms with Crippen LogP contribution in [0.5, 0.6) is 0 Å². The minimum atomic E-state index is -0.149. The van der Waals surface area contributed by atoms with E-state index in [4.69, 9.17) is 7.98 Å². The summed E-state index contributed by atoms with van der Waals surface area (Å²) >= 11 is 0. The first-order valence-electron chi connectivity index (χ1n) is 3.91. The topological polar surface area (TPSA) is 32.7 Å². The fraction of sp³-hybridized carbons (Fsp3) is 0.111. The largest absolute Gasteiger partial charge is 0.352 e. The molecule has 13 heavy (non-hydrogen) atoms. The number of hydrogen-bond acceptors (Lipinski definition) is 2. The first kappa shape index (κ1) is 8.04. The molecule has 0 aromatic heterocycles. The second-order valence-electron chi connectivity index (χ2n) is 2.86. The highest BCUT2D eigenvalue weighted by Gasteiger charge is 2.29. The molecule has 2 rings (SSSR count). The van der Waals surface area contributed by atoms with Gasteiger partial charge in [-0.25, -0.2) is 0 Å². The lowest BCUT2D eigenvalue weighted by molar-refractivity contribution is -0.111. The van der Waals surface area contributed by atoms with Gasteiger partial charge in [0, 0.05) is 12.6 Å². The molecule has 0 fully saturated rings. The van der Waals surface area contributed by atoms with Crippen molar-refractivity contribution >= 4 is 25.3 Å². The number of hydrogen-bond donors (Lipinski definition) is 0. The molecule has 62 valence electrons. The van der Waals surface area contributed by atoms with Crippen molar-refractivity contribution in [3.63, 3.8) is 0 Å². The van der Waals surface area contributed by atoms with Gasteiger partial charge < -0.3 is 9.80 Å². The third-order valence-electron chi connectivity index (χ3n) is 2.16. The molecular weight excluding hydrogens is 163 g/mol. The molecule has 1 amide bonds. The second-order valence-corrected chi connectivity index (χ2v) is 2.86. The zero-order chi connectivity index (χ0) is 9.42. The van der Waals surface area contributed by atoms with Gasteiger partial charge in [-0.05, 0) is 6.07 Å². The zero-order valence-corrected chi connectivity index (χ0v) is 7.19. The summed E-state index contributed by atoms with van der Waals surface area (Å²) in [5.74, 6) is -0.149. The number of fused-ring (bicyclic) bond motifs is 1. The predicted octanol–water partition coefficient (Wildman–Crippen LogP) is 0.536. The van der Waals surface area contributed by atoms with Crippen molar-refractivity contribution < 1.29 is 4.79 Å². The van der Waals surface area contributed by atoms with Crippen LogP contribution in [0.2, 0.25) is 0 Å². The lowest BCUT2D eigenvalue weighted by atomic mass is 10.1. The lowest BCUT2D eigenvalue weighted by Gasteiger charge is -2.07. The number of carbonyl (C=O) groups excluding carboxylic acids is 1. The van der Waals surface area contributed by atoms with E-state index in [1.54, 1.807) is 11.9 Å². The Bertz CT molecular complexity index is 400. The quantitative estimate of drug-likeness (QED) is 0.523. The van der Waals surface area contributed by atoms with E-state index in [0.717, 1.165) is 11.3 Å². The van der Waals surface area contributed by atoms with Gasteiger partial charge in [-0.2, -0.15) is 0 Å². The van der Waals surface area contributed by atoms with Gasteiger partial charge in [-0.15, -0.1) is 0 Å². The first-order valence-corrected chi connectivity index (χ1v) is 3.91. The molecule has 1 aliphatic heterocycles. The van der Waals surface area contributed by atoms with E-state index in [1.807, 2.05) is 24.3 Å². The molecule has 0 aliphatic carbocycles. The number of rotatable bonds is 0. The van der Waals surface area contributed by atoms with Crippen molar-refractivity contribution in [1.29, 1.82) is 0 Å². The summed E-state index contributed by atoms with van der Waals surface area (Å²) in [5, 5.41) is 0. The Kier molecular flexibility index (Phi) is 1.69. The number of benzene rings is 1. The summed E-state index contributed by atoms with van der Waals surface area (Å²) in [5.41, 5.74) is 1.99.